The SMILES string of the molecule is C[C@H](Sc1nnc(-c2ccccc2Br)o1)C(=O)N[C@H](C)[C@@H]1C[C@H]2CC[C@H]1C2. The van der Waals surface area contributed by atoms with E-state index in [2.05, 4.69) is 38.4 Å². The van der Waals surface area contributed by atoms with Crippen molar-refractivity contribution in [3.63, 3.8) is 0 Å². The second-order valence-corrected chi connectivity index (χ2v) is 9.90. The first-order valence-electron chi connectivity index (χ1n) is 9.56. The molecule has 27 heavy (non-hydrogen) atoms. The van der Waals surface area contributed by atoms with Crippen LogP contribution in [0.2, 0.25) is 0 Å². The fraction of sp³-hybridized carbons (Fsp3) is 0.550. The van der Waals surface area contributed by atoms with Crippen molar-refractivity contribution < 1.29 is 9.21 Å². The summed E-state index contributed by atoms with van der Waals surface area (Å²) in [5, 5.41) is 11.6. The Morgan fingerprint density at radius 2 is 2.07 bits per heavy atom. The Morgan fingerprint density at radius 1 is 1.26 bits per heavy atom. The first-order chi connectivity index (χ1) is 13.0. The molecule has 2 aliphatic carbocycles. The highest BCUT2D eigenvalue weighted by atomic mass is 79.9. The molecule has 0 unspecified atom stereocenters. The van der Waals surface area contributed by atoms with Crippen molar-refractivity contribution in [3.8, 4) is 11.5 Å². The molecule has 0 radical (unpaired) electrons. The number of carbonyl (C=O) groups is 1. The highest BCUT2D eigenvalue weighted by molar-refractivity contribution is 9.10. The first kappa shape index (κ1) is 19.0. The van der Waals surface area contributed by atoms with Crippen LogP contribution in [0.4, 0.5) is 0 Å². The molecule has 2 aromatic rings. The van der Waals surface area contributed by atoms with E-state index in [0.717, 1.165) is 21.9 Å². The number of thioether (sulfide) groups is 1. The minimum Gasteiger partial charge on any atom is -0.411 e. The maximum absolute atomic E-state index is 12.6. The van der Waals surface area contributed by atoms with Crippen LogP contribution in [0.3, 0.4) is 0 Å². The smallest absolute Gasteiger partial charge is 0.277 e. The molecular formula is C20H24BrN3O2S. The van der Waals surface area contributed by atoms with Gasteiger partial charge in [-0.25, -0.2) is 0 Å². The van der Waals surface area contributed by atoms with Gasteiger partial charge < -0.3 is 9.73 Å². The van der Waals surface area contributed by atoms with Crippen LogP contribution in [0.1, 0.15) is 39.5 Å². The third-order valence-corrected chi connectivity index (χ3v) is 7.59. The van der Waals surface area contributed by atoms with Crippen molar-refractivity contribution >= 4 is 33.6 Å². The van der Waals surface area contributed by atoms with Gasteiger partial charge in [-0.1, -0.05) is 30.3 Å². The van der Waals surface area contributed by atoms with E-state index in [9.17, 15) is 4.79 Å². The summed E-state index contributed by atoms with van der Waals surface area (Å²) in [7, 11) is 0. The minimum atomic E-state index is -0.279. The average Bonchev–Trinajstić information content (AvgIpc) is 3.38. The average molecular weight is 450 g/mol. The predicted molar refractivity (Wildman–Crippen MR) is 109 cm³/mol. The summed E-state index contributed by atoms with van der Waals surface area (Å²) in [5.41, 5.74) is 0.846. The van der Waals surface area contributed by atoms with Gasteiger partial charge >= 0.3 is 0 Å². The zero-order chi connectivity index (χ0) is 19.0. The summed E-state index contributed by atoms with van der Waals surface area (Å²) in [6, 6.07) is 7.93. The van der Waals surface area contributed by atoms with Crippen LogP contribution in [0, 0.1) is 17.8 Å². The van der Waals surface area contributed by atoms with Crippen LogP contribution in [0.15, 0.2) is 38.4 Å². The third-order valence-electron chi connectivity index (χ3n) is 5.96. The summed E-state index contributed by atoms with van der Waals surface area (Å²) in [6.07, 6.45) is 5.34. The minimum absolute atomic E-state index is 0.0379. The van der Waals surface area contributed by atoms with Crippen molar-refractivity contribution in [2.45, 2.75) is 56.0 Å². The summed E-state index contributed by atoms with van der Waals surface area (Å²) < 4.78 is 6.65. The van der Waals surface area contributed by atoms with E-state index in [1.54, 1.807) is 0 Å². The van der Waals surface area contributed by atoms with Crippen LogP contribution >= 0.6 is 27.7 Å². The zero-order valence-electron chi connectivity index (χ0n) is 15.5. The summed E-state index contributed by atoms with van der Waals surface area (Å²) >= 11 is 4.80. The molecule has 144 valence electrons. The number of halogens is 1. The number of amides is 1. The van der Waals surface area contributed by atoms with Gasteiger partial charge in [0, 0.05) is 10.5 Å². The third kappa shape index (κ3) is 4.09. The molecule has 4 rings (SSSR count). The standard InChI is InChI=1S/C20H24BrN3O2S/c1-11(16-10-13-7-8-14(16)9-13)22-18(25)12(2)27-20-24-23-19(26-20)15-5-3-4-6-17(15)21/h3-6,11-14,16H,7-10H2,1-2H3,(H,22,25)/t11-,12+,13+,14+,16+/m1/s1. The van der Waals surface area contributed by atoms with Gasteiger partial charge in [-0.2, -0.15) is 0 Å². The molecule has 5 atom stereocenters. The lowest BCUT2D eigenvalue weighted by Crippen LogP contribution is -2.43. The van der Waals surface area contributed by atoms with Gasteiger partial charge in [0.1, 0.15) is 0 Å². The number of nitrogens with one attached hydrogen (secondary N) is 1. The number of rotatable bonds is 6. The zero-order valence-corrected chi connectivity index (χ0v) is 17.9. The van der Waals surface area contributed by atoms with E-state index in [1.165, 1.54) is 37.4 Å². The van der Waals surface area contributed by atoms with Gasteiger partial charge in [0.15, 0.2) is 0 Å². The van der Waals surface area contributed by atoms with Crippen LogP contribution < -0.4 is 5.32 Å². The monoisotopic (exact) mass is 449 g/mol. The van der Waals surface area contributed by atoms with Crippen molar-refractivity contribution in [1.29, 1.82) is 0 Å². The molecular weight excluding hydrogens is 426 g/mol. The Labute approximate surface area is 172 Å². The van der Waals surface area contributed by atoms with Gasteiger partial charge in [0.2, 0.25) is 11.8 Å². The number of carbonyl (C=O) groups excluding carboxylic acids is 1. The molecule has 7 heteroatoms. The lowest BCUT2D eigenvalue weighted by atomic mass is 9.84. The molecule has 1 heterocycles. The lowest BCUT2D eigenvalue weighted by Gasteiger charge is -2.29. The molecule has 0 spiro atoms. The maximum atomic E-state index is 12.6. The Morgan fingerprint density at radius 3 is 2.78 bits per heavy atom. The molecule has 2 fully saturated rings. The number of nitrogens with zero attached hydrogens (tertiary/aromatic N) is 2. The fourth-order valence-corrected chi connectivity index (χ4v) is 5.71. The van der Waals surface area contributed by atoms with E-state index in [4.69, 9.17) is 4.42 Å². The Bertz CT molecular complexity index is 827. The van der Waals surface area contributed by atoms with Crippen LogP contribution in [-0.2, 0) is 4.79 Å². The van der Waals surface area contributed by atoms with Crippen LogP contribution in [-0.4, -0.2) is 27.4 Å². The highest BCUT2D eigenvalue weighted by Gasteiger charge is 2.42. The molecule has 0 aliphatic heterocycles. The van der Waals surface area contributed by atoms with Crippen molar-refractivity contribution in [1.82, 2.24) is 15.5 Å². The summed E-state index contributed by atoms with van der Waals surface area (Å²) in [6.45, 7) is 4.04. The van der Waals surface area contributed by atoms with E-state index in [0.29, 0.717) is 17.0 Å². The van der Waals surface area contributed by atoms with E-state index in [-0.39, 0.29) is 17.2 Å². The topological polar surface area (TPSA) is 68.0 Å². The van der Waals surface area contributed by atoms with Crippen LogP contribution in [0.25, 0.3) is 11.5 Å². The number of fused-ring (bicyclic) bond motifs is 2. The van der Waals surface area contributed by atoms with Crippen LogP contribution in [0.5, 0.6) is 0 Å². The Kier molecular flexibility index (Phi) is 5.60. The molecule has 0 saturated heterocycles. The second-order valence-electron chi connectivity index (χ2n) is 7.75. The summed E-state index contributed by atoms with van der Waals surface area (Å²) in [5.74, 6) is 2.82. The van der Waals surface area contributed by atoms with E-state index < -0.39 is 0 Å². The molecule has 5 nitrogen and oxygen atoms in total. The van der Waals surface area contributed by atoms with Gasteiger partial charge in [-0.3, -0.25) is 4.79 Å². The van der Waals surface area contributed by atoms with E-state index in [1.807, 2.05) is 31.2 Å². The lowest BCUT2D eigenvalue weighted by molar-refractivity contribution is -0.121. The van der Waals surface area contributed by atoms with Gasteiger partial charge in [0.05, 0.1) is 10.8 Å². The molecule has 2 bridgehead atoms. The normalized spacial score (nSPS) is 26.1. The van der Waals surface area contributed by atoms with Crippen molar-refractivity contribution in [3.05, 3.63) is 28.7 Å². The van der Waals surface area contributed by atoms with Crippen molar-refractivity contribution in [2.75, 3.05) is 0 Å². The van der Waals surface area contributed by atoms with E-state index >= 15 is 0 Å². The molecule has 2 saturated carbocycles. The fourth-order valence-electron chi connectivity index (χ4n) is 4.56. The second kappa shape index (κ2) is 7.95. The maximum Gasteiger partial charge on any atom is 0.277 e. The number of aromatic nitrogens is 2. The molecule has 1 amide bonds. The quantitative estimate of drug-likeness (QED) is 0.633. The number of hydrogen-bond acceptors (Lipinski definition) is 5. The predicted octanol–water partition coefficient (Wildman–Crippen LogP) is 4.92. The summed E-state index contributed by atoms with van der Waals surface area (Å²) in [4.78, 5) is 12.6. The van der Waals surface area contributed by atoms with Gasteiger partial charge in [-0.15, -0.1) is 10.2 Å². The van der Waals surface area contributed by atoms with Crippen molar-refractivity contribution in [2.24, 2.45) is 17.8 Å². The number of hydrogen-bond donors (Lipinski definition) is 1. The Balaban J connectivity index is 1.34. The van der Waals surface area contributed by atoms with Gasteiger partial charge in [0.25, 0.3) is 5.22 Å². The first-order valence-corrected chi connectivity index (χ1v) is 11.2. The van der Waals surface area contributed by atoms with Gasteiger partial charge in [-0.05, 0) is 78.9 Å². The Hall–Kier alpha value is -1.34. The molecule has 1 N–H and O–H groups in total. The number of benzene rings is 1. The molecule has 1 aromatic carbocycles. The molecule has 1 aromatic heterocycles. The largest absolute Gasteiger partial charge is 0.411 e. The molecule has 2 aliphatic rings. The highest BCUT2D eigenvalue weighted by Crippen LogP contribution is 2.49.